The summed E-state index contributed by atoms with van der Waals surface area (Å²) in [6.45, 7) is 0. The van der Waals surface area contributed by atoms with E-state index in [2.05, 4.69) is 26.1 Å². The molecule has 0 saturated carbocycles. The van der Waals surface area contributed by atoms with Gasteiger partial charge < -0.3 is 9.47 Å². The van der Waals surface area contributed by atoms with Crippen LogP contribution in [0.15, 0.2) is 46.9 Å². The van der Waals surface area contributed by atoms with Crippen molar-refractivity contribution in [2.75, 3.05) is 14.2 Å². The van der Waals surface area contributed by atoms with Crippen molar-refractivity contribution >= 4 is 32.2 Å². The summed E-state index contributed by atoms with van der Waals surface area (Å²) < 4.78 is 13.5. The largest absolute Gasteiger partial charge is 0.493 e. The lowest BCUT2D eigenvalue weighted by molar-refractivity contribution is 0.354. The average molecular weight is 445 g/mol. The van der Waals surface area contributed by atoms with Crippen molar-refractivity contribution in [3.63, 3.8) is 0 Å². The third kappa shape index (κ3) is 3.54. The number of halogens is 1. The van der Waals surface area contributed by atoms with Gasteiger partial charge >= 0.3 is 0 Å². The molecule has 6 nitrogen and oxygen atoms in total. The second-order valence-electron chi connectivity index (χ2n) is 5.89. The standard InChI is InChI=1S/C19H17BrN4O2S/c1-25-15-9-7-12(11-16(15)26-2)8-10-17-21-22-19-24(17)23-18(27-19)13-5-3-4-6-14(13)20/h3-7,9,11H,8,10H2,1-2H3. The molecule has 0 aliphatic rings. The third-order valence-corrected chi connectivity index (χ3v) is 5.87. The number of nitrogens with zero attached hydrogens (tertiary/aromatic N) is 4. The molecule has 138 valence electrons. The van der Waals surface area contributed by atoms with Gasteiger partial charge in [0.25, 0.3) is 0 Å². The number of hydrogen-bond acceptors (Lipinski definition) is 6. The number of methoxy groups -OCH3 is 2. The molecule has 0 amide bonds. The van der Waals surface area contributed by atoms with E-state index in [1.807, 2.05) is 47.0 Å². The Labute approximate surface area is 168 Å². The Bertz CT molecular complexity index is 1090. The lowest BCUT2D eigenvalue weighted by Gasteiger charge is -2.09. The molecule has 0 N–H and O–H groups in total. The molecule has 0 atom stereocenters. The minimum Gasteiger partial charge on any atom is -0.493 e. The van der Waals surface area contributed by atoms with Crippen molar-refractivity contribution in [3.8, 4) is 22.1 Å². The molecular formula is C19H17BrN4O2S. The molecule has 8 heteroatoms. The number of benzene rings is 2. The van der Waals surface area contributed by atoms with Gasteiger partial charge in [0, 0.05) is 16.5 Å². The first kappa shape index (κ1) is 17.9. The van der Waals surface area contributed by atoms with E-state index in [0.29, 0.717) is 0 Å². The first-order valence-corrected chi connectivity index (χ1v) is 9.97. The van der Waals surface area contributed by atoms with Crippen molar-refractivity contribution in [2.45, 2.75) is 12.8 Å². The van der Waals surface area contributed by atoms with Gasteiger partial charge in [0.2, 0.25) is 4.96 Å². The first-order chi connectivity index (χ1) is 13.2. The van der Waals surface area contributed by atoms with Crippen molar-refractivity contribution < 1.29 is 9.47 Å². The van der Waals surface area contributed by atoms with Crippen molar-refractivity contribution in [2.24, 2.45) is 0 Å². The van der Waals surface area contributed by atoms with Crippen LogP contribution in [0.5, 0.6) is 11.5 Å². The zero-order valence-corrected chi connectivity index (χ0v) is 17.2. The van der Waals surface area contributed by atoms with E-state index in [1.165, 1.54) is 11.3 Å². The van der Waals surface area contributed by atoms with Gasteiger partial charge in [-0.2, -0.15) is 9.61 Å². The second kappa shape index (κ2) is 7.66. The van der Waals surface area contributed by atoms with Crippen LogP contribution in [0.4, 0.5) is 0 Å². The molecule has 2 heterocycles. The number of hydrogen-bond donors (Lipinski definition) is 0. The van der Waals surface area contributed by atoms with Crippen LogP contribution in [0.3, 0.4) is 0 Å². The van der Waals surface area contributed by atoms with Crippen LogP contribution in [0.2, 0.25) is 0 Å². The molecule has 0 spiro atoms. The molecule has 2 aromatic heterocycles. The van der Waals surface area contributed by atoms with Gasteiger partial charge in [-0.3, -0.25) is 0 Å². The fourth-order valence-electron chi connectivity index (χ4n) is 2.85. The summed E-state index contributed by atoms with van der Waals surface area (Å²) >= 11 is 5.11. The highest BCUT2D eigenvalue weighted by molar-refractivity contribution is 9.10. The highest BCUT2D eigenvalue weighted by atomic mass is 79.9. The van der Waals surface area contributed by atoms with Gasteiger partial charge in [0.05, 0.1) is 14.2 Å². The maximum Gasteiger partial charge on any atom is 0.234 e. The van der Waals surface area contributed by atoms with Crippen molar-refractivity contribution in [1.29, 1.82) is 0 Å². The van der Waals surface area contributed by atoms with Crippen molar-refractivity contribution in [3.05, 3.63) is 58.3 Å². The average Bonchev–Trinajstić information content (AvgIpc) is 3.27. The Morgan fingerprint density at radius 3 is 2.59 bits per heavy atom. The van der Waals surface area contributed by atoms with Gasteiger partial charge in [-0.1, -0.05) is 51.5 Å². The second-order valence-corrected chi connectivity index (χ2v) is 7.70. The molecule has 0 saturated heterocycles. The minimum atomic E-state index is 0.726. The maximum absolute atomic E-state index is 5.37. The summed E-state index contributed by atoms with van der Waals surface area (Å²) in [7, 11) is 3.28. The first-order valence-electron chi connectivity index (χ1n) is 8.36. The predicted octanol–water partition coefficient (Wildman–Crippen LogP) is 4.42. The fraction of sp³-hybridized carbons (Fsp3) is 0.211. The Morgan fingerprint density at radius 2 is 1.81 bits per heavy atom. The van der Waals surface area contributed by atoms with E-state index < -0.39 is 0 Å². The lowest BCUT2D eigenvalue weighted by Crippen LogP contribution is -2.00. The molecule has 0 aliphatic carbocycles. The number of aromatic nitrogens is 4. The molecule has 0 unspecified atom stereocenters. The summed E-state index contributed by atoms with van der Waals surface area (Å²) in [5.74, 6) is 2.30. The van der Waals surface area contributed by atoms with Crippen molar-refractivity contribution in [1.82, 2.24) is 19.8 Å². The highest BCUT2D eigenvalue weighted by Gasteiger charge is 2.15. The summed E-state index contributed by atoms with van der Waals surface area (Å²) in [4.78, 5) is 0.795. The van der Waals surface area contributed by atoms with E-state index in [9.17, 15) is 0 Å². The monoisotopic (exact) mass is 444 g/mol. The highest BCUT2D eigenvalue weighted by Crippen LogP contribution is 2.32. The van der Waals surface area contributed by atoms with Gasteiger partial charge in [-0.05, 0) is 30.2 Å². The Hall–Kier alpha value is -2.45. The SMILES string of the molecule is COc1ccc(CCc2nnc3sc(-c4ccccc4Br)nn23)cc1OC. The molecule has 0 radical (unpaired) electrons. The van der Waals surface area contributed by atoms with Crippen LogP contribution in [0.1, 0.15) is 11.4 Å². The zero-order chi connectivity index (χ0) is 18.8. The predicted molar refractivity (Wildman–Crippen MR) is 109 cm³/mol. The van der Waals surface area contributed by atoms with Gasteiger partial charge in [-0.25, -0.2) is 0 Å². The van der Waals surface area contributed by atoms with Gasteiger partial charge in [0.1, 0.15) is 5.01 Å². The van der Waals surface area contributed by atoms with Crippen LogP contribution >= 0.6 is 27.3 Å². The van der Waals surface area contributed by atoms with Gasteiger partial charge in [0.15, 0.2) is 17.3 Å². The van der Waals surface area contributed by atoms with Crippen LogP contribution in [-0.4, -0.2) is 34.0 Å². The summed E-state index contributed by atoms with van der Waals surface area (Å²) in [5, 5.41) is 14.2. The summed E-state index contributed by atoms with van der Waals surface area (Å²) in [6, 6.07) is 14.0. The van der Waals surface area contributed by atoms with Crippen LogP contribution < -0.4 is 9.47 Å². The molecule has 0 aliphatic heterocycles. The van der Waals surface area contributed by atoms with Crippen LogP contribution in [0.25, 0.3) is 15.5 Å². The molecule has 4 aromatic rings. The molecular weight excluding hydrogens is 428 g/mol. The van der Waals surface area contributed by atoms with Crippen LogP contribution in [-0.2, 0) is 12.8 Å². The Balaban J connectivity index is 1.57. The van der Waals surface area contributed by atoms with E-state index in [0.717, 1.165) is 55.7 Å². The quantitative estimate of drug-likeness (QED) is 0.440. The number of rotatable bonds is 6. The maximum atomic E-state index is 5.37. The number of fused-ring (bicyclic) bond motifs is 1. The third-order valence-electron chi connectivity index (χ3n) is 4.24. The molecule has 4 rings (SSSR count). The van der Waals surface area contributed by atoms with Crippen LogP contribution in [0, 0.1) is 0 Å². The molecule has 27 heavy (non-hydrogen) atoms. The topological polar surface area (TPSA) is 61.5 Å². The van der Waals surface area contributed by atoms with E-state index >= 15 is 0 Å². The Kier molecular flexibility index (Phi) is 5.09. The normalized spacial score (nSPS) is 11.1. The fourth-order valence-corrected chi connectivity index (χ4v) is 4.35. The minimum absolute atomic E-state index is 0.726. The summed E-state index contributed by atoms with van der Waals surface area (Å²) in [6.07, 6.45) is 1.54. The molecule has 2 aromatic carbocycles. The number of ether oxygens (including phenoxy) is 2. The smallest absolute Gasteiger partial charge is 0.234 e. The van der Waals surface area contributed by atoms with E-state index in [4.69, 9.17) is 14.6 Å². The molecule has 0 bridgehead atoms. The zero-order valence-electron chi connectivity index (χ0n) is 14.8. The molecule has 0 fully saturated rings. The summed E-state index contributed by atoms with van der Waals surface area (Å²) in [5.41, 5.74) is 2.20. The van der Waals surface area contributed by atoms with E-state index in [-0.39, 0.29) is 0 Å². The van der Waals surface area contributed by atoms with E-state index in [1.54, 1.807) is 14.2 Å². The van der Waals surface area contributed by atoms with Gasteiger partial charge in [-0.15, -0.1) is 10.2 Å². The number of aryl methyl sites for hydroxylation is 2. The lowest BCUT2D eigenvalue weighted by atomic mass is 10.1. The Morgan fingerprint density at radius 1 is 1.00 bits per heavy atom.